The number of ether oxygens (including phenoxy) is 2. The molecule has 0 spiro atoms. The SMILES string of the molecule is COc1ccc(Cl)c(C(C)(C)O)c1OC1CCCC1. The van der Waals surface area contributed by atoms with E-state index in [0.29, 0.717) is 22.1 Å². The van der Waals surface area contributed by atoms with Gasteiger partial charge in [-0.25, -0.2) is 0 Å². The minimum absolute atomic E-state index is 0.188. The van der Waals surface area contributed by atoms with Crippen molar-refractivity contribution in [2.75, 3.05) is 7.11 Å². The quantitative estimate of drug-likeness (QED) is 0.911. The zero-order chi connectivity index (χ0) is 14.0. The van der Waals surface area contributed by atoms with Crippen molar-refractivity contribution in [3.05, 3.63) is 22.7 Å². The van der Waals surface area contributed by atoms with Crippen LogP contribution in [-0.4, -0.2) is 18.3 Å². The Kier molecular flexibility index (Phi) is 4.26. The molecule has 19 heavy (non-hydrogen) atoms. The largest absolute Gasteiger partial charge is 0.493 e. The van der Waals surface area contributed by atoms with Gasteiger partial charge in [-0.1, -0.05) is 11.6 Å². The van der Waals surface area contributed by atoms with Gasteiger partial charge in [0.25, 0.3) is 0 Å². The summed E-state index contributed by atoms with van der Waals surface area (Å²) in [7, 11) is 1.60. The fraction of sp³-hybridized carbons (Fsp3) is 0.600. The molecule has 0 atom stereocenters. The molecule has 0 unspecified atom stereocenters. The highest BCUT2D eigenvalue weighted by atomic mass is 35.5. The van der Waals surface area contributed by atoms with Crippen molar-refractivity contribution in [1.82, 2.24) is 0 Å². The summed E-state index contributed by atoms with van der Waals surface area (Å²) < 4.78 is 11.4. The third kappa shape index (κ3) is 3.15. The molecule has 0 aliphatic heterocycles. The predicted molar refractivity (Wildman–Crippen MR) is 76.1 cm³/mol. The first-order chi connectivity index (χ1) is 8.93. The van der Waals surface area contributed by atoms with Crippen LogP contribution in [0.4, 0.5) is 0 Å². The van der Waals surface area contributed by atoms with E-state index in [1.807, 2.05) is 0 Å². The van der Waals surface area contributed by atoms with E-state index >= 15 is 0 Å². The molecule has 3 nitrogen and oxygen atoms in total. The summed E-state index contributed by atoms with van der Waals surface area (Å²) in [5.74, 6) is 1.20. The highest BCUT2D eigenvalue weighted by molar-refractivity contribution is 6.31. The molecule has 0 amide bonds. The van der Waals surface area contributed by atoms with E-state index in [0.717, 1.165) is 12.8 Å². The van der Waals surface area contributed by atoms with E-state index in [1.165, 1.54) is 12.8 Å². The molecule has 1 aromatic rings. The number of hydrogen-bond donors (Lipinski definition) is 1. The van der Waals surface area contributed by atoms with E-state index < -0.39 is 5.60 Å². The van der Waals surface area contributed by atoms with Crippen molar-refractivity contribution >= 4 is 11.6 Å². The molecule has 0 radical (unpaired) electrons. The Balaban J connectivity index is 2.44. The minimum atomic E-state index is -1.07. The molecule has 1 aliphatic carbocycles. The van der Waals surface area contributed by atoms with Crippen LogP contribution in [0.25, 0.3) is 0 Å². The normalized spacial score (nSPS) is 16.7. The lowest BCUT2D eigenvalue weighted by Crippen LogP contribution is -2.21. The highest BCUT2D eigenvalue weighted by Gasteiger charge is 2.29. The van der Waals surface area contributed by atoms with Crippen LogP contribution in [-0.2, 0) is 5.60 Å². The van der Waals surface area contributed by atoms with Crippen LogP contribution in [0.1, 0.15) is 45.1 Å². The number of halogens is 1. The summed E-state index contributed by atoms with van der Waals surface area (Å²) in [5.41, 5.74) is -0.472. The van der Waals surface area contributed by atoms with Crippen molar-refractivity contribution in [3.63, 3.8) is 0 Å². The fourth-order valence-electron chi connectivity index (χ4n) is 2.56. The van der Waals surface area contributed by atoms with Gasteiger partial charge in [-0.3, -0.25) is 0 Å². The molecular weight excluding hydrogens is 264 g/mol. The van der Waals surface area contributed by atoms with Crippen LogP contribution in [0.2, 0.25) is 5.02 Å². The van der Waals surface area contributed by atoms with E-state index in [4.69, 9.17) is 21.1 Å². The average molecular weight is 285 g/mol. The van der Waals surface area contributed by atoms with Gasteiger partial charge in [-0.2, -0.15) is 0 Å². The first kappa shape index (κ1) is 14.5. The van der Waals surface area contributed by atoms with Crippen LogP contribution in [0.5, 0.6) is 11.5 Å². The van der Waals surface area contributed by atoms with Crippen LogP contribution >= 0.6 is 11.6 Å². The third-order valence-corrected chi connectivity index (χ3v) is 3.80. The summed E-state index contributed by atoms with van der Waals surface area (Å²) in [6.07, 6.45) is 4.65. The standard InChI is InChI=1S/C15H21ClO3/c1-15(2,17)13-11(16)8-9-12(18-3)14(13)19-10-6-4-5-7-10/h8-10,17H,4-7H2,1-3H3. The minimum Gasteiger partial charge on any atom is -0.493 e. The van der Waals surface area contributed by atoms with Crippen LogP contribution in [0.3, 0.4) is 0 Å². The smallest absolute Gasteiger partial charge is 0.169 e. The summed E-state index contributed by atoms with van der Waals surface area (Å²) >= 11 is 6.23. The Bertz CT molecular complexity index is 445. The molecule has 0 aromatic heterocycles. The maximum absolute atomic E-state index is 10.3. The van der Waals surface area contributed by atoms with Gasteiger partial charge in [-0.15, -0.1) is 0 Å². The van der Waals surface area contributed by atoms with E-state index in [9.17, 15) is 5.11 Å². The maximum Gasteiger partial charge on any atom is 0.169 e. The highest BCUT2D eigenvalue weighted by Crippen LogP contribution is 2.43. The number of benzene rings is 1. The van der Waals surface area contributed by atoms with Crippen LogP contribution in [0, 0.1) is 0 Å². The number of hydrogen-bond acceptors (Lipinski definition) is 3. The Morgan fingerprint density at radius 2 is 1.89 bits per heavy atom. The zero-order valence-corrected chi connectivity index (χ0v) is 12.5. The van der Waals surface area contributed by atoms with Gasteiger partial charge in [0.15, 0.2) is 11.5 Å². The number of aliphatic hydroxyl groups is 1. The third-order valence-electron chi connectivity index (χ3n) is 3.49. The van der Waals surface area contributed by atoms with Crippen LogP contribution < -0.4 is 9.47 Å². The molecular formula is C15H21ClO3. The van der Waals surface area contributed by atoms with Gasteiger partial charge >= 0.3 is 0 Å². The first-order valence-corrected chi connectivity index (χ1v) is 7.07. The molecule has 1 aliphatic rings. The molecule has 1 saturated carbocycles. The predicted octanol–water partition coefficient (Wildman–Crippen LogP) is 3.90. The number of rotatable bonds is 4. The fourth-order valence-corrected chi connectivity index (χ4v) is 2.94. The molecule has 106 valence electrons. The van der Waals surface area contributed by atoms with Crippen molar-refractivity contribution in [1.29, 1.82) is 0 Å². The lowest BCUT2D eigenvalue weighted by Gasteiger charge is -2.26. The van der Waals surface area contributed by atoms with Crippen LogP contribution in [0.15, 0.2) is 12.1 Å². The molecule has 1 N–H and O–H groups in total. The van der Waals surface area contributed by atoms with E-state index in [-0.39, 0.29) is 6.10 Å². The van der Waals surface area contributed by atoms with E-state index in [2.05, 4.69) is 0 Å². The second kappa shape index (κ2) is 5.59. The first-order valence-electron chi connectivity index (χ1n) is 6.69. The van der Waals surface area contributed by atoms with Crippen molar-refractivity contribution in [3.8, 4) is 11.5 Å². The Morgan fingerprint density at radius 3 is 2.42 bits per heavy atom. The molecule has 2 rings (SSSR count). The second-order valence-corrected chi connectivity index (χ2v) is 5.94. The summed E-state index contributed by atoms with van der Waals surface area (Å²) in [4.78, 5) is 0. The molecule has 1 fully saturated rings. The average Bonchev–Trinajstić information content (AvgIpc) is 2.80. The topological polar surface area (TPSA) is 38.7 Å². The molecule has 4 heteroatoms. The zero-order valence-electron chi connectivity index (χ0n) is 11.7. The van der Waals surface area contributed by atoms with Crippen molar-refractivity contribution < 1.29 is 14.6 Å². The summed E-state index contributed by atoms with van der Waals surface area (Å²) in [6, 6.07) is 3.51. The lowest BCUT2D eigenvalue weighted by atomic mass is 9.96. The summed E-state index contributed by atoms with van der Waals surface area (Å²) in [6.45, 7) is 3.41. The monoisotopic (exact) mass is 284 g/mol. The maximum atomic E-state index is 10.3. The molecule has 0 bridgehead atoms. The Hall–Kier alpha value is -0.930. The van der Waals surface area contributed by atoms with Gasteiger partial charge in [-0.05, 0) is 51.7 Å². The van der Waals surface area contributed by atoms with Gasteiger partial charge in [0.2, 0.25) is 0 Å². The number of methoxy groups -OCH3 is 1. The van der Waals surface area contributed by atoms with Gasteiger partial charge in [0.1, 0.15) is 0 Å². The summed E-state index contributed by atoms with van der Waals surface area (Å²) in [5, 5.41) is 10.8. The van der Waals surface area contributed by atoms with Gasteiger partial charge < -0.3 is 14.6 Å². The second-order valence-electron chi connectivity index (χ2n) is 5.54. The Labute approximate surface area is 119 Å². The van der Waals surface area contributed by atoms with Gasteiger partial charge in [0.05, 0.1) is 23.8 Å². The molecule has 1 aromatic carbocycles. The van der Waals surface area contributed by atoms with Crippen molar-refractivity contribution in [2.24, 2.45) is 0 Å². The molecule has 0 saturated heterocycles. The lowest BCUT2D eigenvalue weighted by molar-refractivity contribution is 0.0715. The van der Waals surface area contributed by atoms with Gasteiger partial charge in [0, 0.05) is 5.56 Å². The van der Waals surface area contributed by atoms with E-state index in [1.54, 1.807) is 33.1 Å². The Morgan fingerprint density at radius 1 is 1.26 bits per heavy atom. The molecule has 0 heterocycles. The van der Waals surface area contributed by atoms with Crippen molar-refractivity contribution in [2.45, 2.75) is 51.2 Å².